The van der Waals surface area contributed by atoms with Crippen LogP contribution in [-0.2, 0) is 38.1 Å². The van der Waals surface area contributed by atoms with Crippen LogP contribution in [0.4, 0.5) is 4.79 Å². The standard InChI is InChI=1S/C27H48O9/c1-3-5-6-11-19-33-25(29)17-18-26(30)34-21-13-8-10-15-23-36-27(31)35-22-14-9-7-12-20-32-24(28)16-4-2/h3-23H2,1-2H3. The Morgan fingerprint density at radius 3 is 1.08 bits per heavy atom. The summed E-state index contributed by atoms with van der Waals surface area (Å²) in [6.45, 7) is 5.84. The van der Waals surface area contributed by atoms with Crippen LogP contribution in [0, 0.1) is 0 Å². The predicted molar refractivity (Wildman–Crippen MR) is 135 cm³/mol. The van der Waals surface area contributed by atoms with Crippen molar-refractivity contribution in [3.05, 3.63) is 0 Å². The summed E-state index contributed by atoms with van der Waals surface area (Å²) in [5, 5.41) is 0. The van der Waals surface area contributed by atoms with Gasteiger partial charge in [-0.15, -0.1) is 0 Å². The first-order valence-electron chi connectivity index (χ1n) is 13.8. The molecule has 0 aromatic carbocycles. The summed E-state index contributed by atoms with van der Waals surface area (Å²) < 4.78 is 25.4. The van der Waals surface area contributed by atoms with Gasteiger partial charge in [0.2, 0.25) is 0 Å². The molecule has 0 amide bonds. The molecule has 0 aliphatic heterocycles. The topological polar surface area (TPSA) is 114 Å². The molecule has 0 aliphatic carbocycles. The molecule has 210 valence electrons. The average molecular weight is 517 g/mol. The number of rotatable bonds is 24. The number of ether oxygens (including phenoxy) is 5. The molecule has 0 rings (SSSR count). The van der Waals surface area contributed by atoms with E-state index in [9.17, 15) is 19.2 Å². The van der Waals surface area contributed by atoms with E-state index in [2.05, 4.69) is 6.92 Å². The Morgan fingerprint density at radius 2 is 0.722 bits per heavy atom. The zero-order chi connectivity index (χ0) is 26.7. The molecule has 0 atom stereocenters. The normalized spacial score (nSPS) is 10.5. The molecule has 0 aromatic heterocycles. The van der Waals surface area contributed by atoms with E-state index in [0.29, 0.717) is 45.9 Å². The van der Waals surface area contributed by atoms with Gasteiger partial charge in [-0.1, -0.05) is 33.1 Å². The minimum Gasteiger partial charge on any atom is -0.466 e. The van der Waals surface area contributed by atoms with Crippen LogP contribution in [0.25, 0.3) is 0 Å². The maximum atomic E-state index is 11.7. The van der Waals surface area contributed by atoms with Crippen molar-refractivity contribution in [2.24, 2.45) is 0 Å². The third-order valence-electron chi connectivity index (χ3n) is 5.29. The highest BCUT2D eigenvalue weighted by molar-refractivity contribution is 5.77. The van der Waals surface area contributed by atoms with Gasteiger partial charge < -0.3 is 23.7 Å². The Balaban J connectivity index is 3.39. The van der Waals surface area contributed by atoms with E-state index in [1.54, 1.807) is 0 Å². The number of carbonyl (C=O) groups is 4. The summed E-state index contributed by atoms with van der Waals surface area (Å²) in [6.07, 6.45) is 11.4. The molecular formula is C27H48O9. The van der Waals surface area contributed by atoms with E-state index < -0.39 is 6.16 Å². The molecule has 0 N–H and O–H groups in total. The maximum Gasteiger partial charge on any atom is 0.508 e. The molecule has 0 unspecified atom stereocenters. The first-order chi connectivity index (χ1) is 17.5. The smallest absolute Gasteiger partial charge is 0.466 e. The minimum atomic E-state index is -0.656. The van der Waals surface area contributed by atoms with Crippen LogP contribution in [0.15, 0.2) is 0 Å². The molecule has 9 nitrogen and oxygen atoms in total. The summed E-state index contributed by atoms with van der Waals surface area (Å²) in [5.41, 5.74) is 0. The van der Waals surface area contributed by atoms with E-state index in [4.69, 9.17) is 23.7 Å². The Labute approximate surface area is 216 Å². The van der Waals surface area contributed by atoms with E-state index in [-0.39, 0.29) is 30.7 Å². The molecule has 0 spiro atoms. The van der Waals surface area contributed by atoms with Crippen LogP contribution in [0.5, 0.6) is 0 Å². The minimum absolute atomic E-state index is 0.0399. The summed E-state index contributed by atoms with van der Waals surface area (Å²) >= 11 is 0. The Kier molecular flexibility index (Phi) is 24.1. The molecule has 0 fully saturated rings. The lowest BCUT2D eigenvalue weighted by molar-refractivity contribution is -0.150. The van der Waals surface area contributed by atoms with E-state index >= 15 is 0 Å². The summed E-state index contributed by atoms with van der Waals surface area (Å²) in [6, 6.07) is 0. The highest BCUT2D eigenvalue weighted by atomic mass is 16.7. The van der Waals surface area contributed by atoms with Crippen LogP contribution in [-0.4, -0.2) is 57.1 Å². The van der Waals surface area contributed by atoms with Crippen LogP contribution >= 0.6 is 0 Å². The van der Waals surface area contributed by atoms with Crippen LogP contribution in [0.1, 0.15) is 117 Å². The quantitative estimate of drug-likeness (QED) is 0.0858. The zero-order valence-corrected chi connectivity index (χ0v) is 22.5. The Hall–Kier alpha value is -2.32. The molecule has 0 saturated heterocycles. The van der Waals surface area contributed by atoms with Gasteiger partial charge in [0.05, 0.1) is 45.9 Å². The van der Waals surface area contributed by atoms with Crippen molar-refractivity contribution >= 4 is 24.1 Å². The second-order valence-corrected chi connectivity index (χ2v) is 8.75. The van der Waals surface area contributed by atoms with E-state index in [1.807, 2.05) is 6.92 Å². The predicted octanol–water partition coefficient (Wildman–Crippen LogP) is 6.05. The number of hydrogen-bond acceptors (Lipinski definition) is 9. The SMILES string of the molecule is CCCCCCOC(=O)CCC(=O)OCCCCCCOC(=O)OCCCCCCOC(=O)CCC. The molecule has 0 aliphatic rings. The van der Waals surface area contributed by atoms with Crippen molar-refractivity contribution in [3.63, 3.8) is 0 Å². The lowest BCUT2D eigenvalue weighted by atomic mass is 10.2. The van der Waals surface area contributed by atoms with Gasteiger partial charge in [0, 0.05) is 6.42 Å². The van der Waals surface area contributed by atoms with Crippen molar-refractivity contribution < 1.29 is 42.9 Å². The monoisotopic (exact) mass is 516 g/mol. The fourth-order valence-corrected chi connectivity index (χ4v) is 3.18. The van der Waals surface area contributed by atoms with Crippen molar-refractivity contribution in [2.75, 3.05) is 33.0 Å². The van der Waals surface area contributed by atoms with Gasteiger partial charge in [-0.3, -0.25) is 14.4 Å². The number of hydrogen-bond donors (Lipinski definition) is 0. The lowest BCUT2D eigenvalue weighted by Crippen LogP contribution is -2.11. The average Bonchev–Trinajstić information content (AvgIpc) is 2.86. The second-order valence-electron chi connectivity index (χ2n) is 8.75. The van der Waals surface area contributed by atoms with Crippen molar-refractivity contribution in [2.45, 2.75) is 117 Å². The van der Waals surface area contributed by atoms with Crippen molar-refractivity contribution in [3.8, 4) is 0 Å². The second kappa shape index (κ2) is 25.8. The lowest BCUT2D eigenvalue weighted by Gasteiger charge is -2.07. The summed E-state index contributed by atoms with van der Waals surface area (Å²) in [5.74, 6) is -0.894. The highest BCUT2D eigenvalue weighted by Crippen LogP contribution is 2.05. The zero-order valence-electron chi connectivity index (χ0n) is 22.5. The van der Waals surface area contributed by atoms with Crippen molar-refractivity contribution in [1.29, 1.82) is 0 Å². The van der Waals surface area contributed by atoms with E-state index in [1.165, 1.54) is 0 Å². The Morgan fingerprint density at radius 1 is 0.389 bits per heavy atom. The maximum absolute atomic E-state index is 11.7. The van der Waals surface area contributed by atoms with Crippen LogP contribution < -0.4 is 0 Å². The summed E-state index contributed by atoms with van der Waals surface area (Å²) in [4.78, 5) is 46.0. The fourth-order valence-electron chi connectivity index (χ4n) is 3.18. The highest BCUT2D eigenvalue weighted by Gasteiger charge is 2.09. The third kappa shape index (κ3) is 24.8. The van der Waals surface area contributed by atoms with Gasteiger partial charge >= 0.3 is 24.1 Å². The molecule has 36 heavy (non-hydrogen) atoms. The van der Waals surface area contributed by atoms with Gasteiger partial charge in [0.25, 0.3) is 0 Å². The molecule has 0 heterocycles. The fraction of sp³-hybridized carbons (Fsp3) is 0.852. The van der Waals surface area contributed by atoms with Gasteiger partial charge in [-0.25, -0.2) is 4.79 Å². The molecule has 9 heteroatoms. The van der Waals surface area contributed by atoms with Gasteiger partial charge in [-0.05, 0) is 64.2 Å². The van der Waals surface area contributed by atoms with E-state index in [0.717, 1.165) is 77.0 Å². The van der Waals surface area contributed by atoms with Gasteiger partial charge in [0.1, 0.15) is 0 Å². The Bertz CT molecular complexity index is 578. The summed E-state index contributed by atoms with van der Waals surface area (Å²) in [7, 11) is 0. The molecule has 0 saturated carbocycles. The molecule has 0 aromatic rings. The molecule has 0 radical (unpaired) electrons. The first kappa shape index (κ1) is 33.7. The van der Waals surface area contributed by atoms with Gasteiger partial charge in [0.15, 0.2) is 0 Å². The molecular weight excluding hydrogens is 468 g/mol. The number of carbonyl (C=O) groups excluding carboxylic acids is 4. The number of unbranched alkanes of at least 4 members (excludes halogenated alkanes) is 9. The largest absolute Gasteiger partial charge is 0.508 e. The third-order valence-corrected chi connectivity index (χ3v) is 5.29. The van der Waals surface area contributed by atoms with Gasteiger partial charge in [-0.2, -0.15) is 0 Å². The first-order valence-corrected chi connectivity index (χ1v) is 13.8. The number of esters is 3. The van der Waals surface area contributed by atoms with Crippen LogP contribution in [0.3, 0.4) is 0 Å². The molecule has 0 bridgehead atoms. The van der Waals surface area contributed by atoms with Crippen LogP contribution in [0.2, 0.25) is 0 Å². The van der Waals surface area contributed by atoms with Crippen molar-refractivity contribution in [1.82, 2.24) is 0 Å².